The Morgan fingerprint density at radius 3 is 1.79 bits per heavy atom. The molecule has 0 fully saturated rings. The molecule has 12 rings (SSSR count). The molecule has 4 aromatic heterocycles. The predicted molar refractivity (Wildman–Crippen MR) is 300 cm³/mol. The fourth-order valence-corrected chi connectivity index (χ4v) is 11.8. The molecule has 0 saturated heterocycles. The summed E-state index contributed by atoms with van der Waals surface area (Å²) in [5.74, 6) is -1.73. The van der Waals surface area contributed by atoms with Crippen LogP contribution in [0, 0.1) is 26.2 Å². The quantitative estimate of drug-likeness (QED) is 0.122. The third-order valence-electron chi connectivity index (χ3n) is 14.3. The number of carbonyl (C=O) groups excluding carboxylic acids is 4. The molecular weight excluding hydrogens is 1100 g/mol. The Bertz CT molecular complexity index is 4060. The Morgan fingerprint density at radius 1 is 0.667 bits per heavy atom. The van der Waals surface area contributed by atoms with Crippen LogP contribution in [0.15, 0.2) is 85.2 Å². The molecular formula is C57H47Cl3FN13O7. The summed E-state index contributed by atoms with van der Waals surface area (Å²) >= 11 is 18.9. The number of anilines is 4. The van der Waals surface area contributed by atoms with E-state index in [-0.39, 0.29) is 57.9 Å². The normalized spacial score (nSPS) is 17.3. The lowest BCUT2D eigenvalue weighted by atomic mass is 9.86. The molecule has 0 bridgehead atoms. The number of ether oxygens (including phenoxy) is 3. The smallest absolute Gasteiger partial charge is 0.374 e. The van der Waals surface area contributed by atoms with Gasteiger partial charge in [0.1, 0.15) is 23.4 Å². The first-order valence-electron chi connectivity index (χ1n) is 25.3. The summed E-state index contributed by atoms with van der Waals surface area (Å²) in [5, 5.41) is 6.83. The molecule has 410 valence electrons. The molecule has 4 amide bonds. The summed E-state index contributed by atoms with van der Waals surface area (Å²) in [6.45, 7) is 20.9. The Kier molecular flexibility index (Phi) is 13.3. The molecule has 4 aliphatic heterocycles. The molecule has 2 spiro atoms. The summed E-state index contributed by atoms with van der Waals surface area (Å²) in [5.41, 5.74) is 2.69. The standard InChI is InChI=1S/C29H26ClFN6O4.C28H21Cl2N7O3/c1-6-41-28-32-13-19(25(35-28)40-5)24-34-22-23(36(24)14(2)3)29(20-8-7-15(4)9-21(20)33-27(29)39)37(26(22)38)18-11-16(30)10-17(31)12-18;1-13(2)36-22-21(34-23(36)17-12-32-27(31-4)35-24(17)40-5)25(38)37(20-11-16(30)7-6-14(20)3)28(22)18-9-8-15(29)10-19(18)33-26(28)39/h7-14H,6H2,1-5H3,(H,33,39);6-13H,1-3,5H3,(H,33,39). The van der Waals surface area contributed by atoms with E-state index in [1.54, 1.807) is 42.5 Å². The van der Waals surface area contributed by atoms with E-state index < -0.39 is 40.5 Å². The SMILES string of the molecule is CCOc1ncc(-c2nc3c(n2C(C)C)C2(C(=O)Nc4cc(C)ccc42)N(c2cc(F)cc(Cl)c2)C3=O)c(OC)n1.[C-]#[N+]c1ncc(-c2nc3c(n2C(C)C)C2(C(=O)Nc4cc(Cl)ccc42)N(c2cc(Cl)ccc2C)C3=O)c(OC)n1. The van der Waals surface area contributed by atoms with Crippen molar-refractivity contribution in [2.75, 3.05) is 41.3 Å². The molecule has 8 heterocycles. The van der Waals surface area contributed by atoms with Crippen LogP contribution in [0.5, 0.6) is 17.8 Å². The third-order valence-corrected chi connectivity index (χ3v) is 15.0. The number of benzene rings is 4. The number of imidazole rings is 2. The van der Waals surface area contributed by atoms with Gasteiger partial charge in [-0.2, -0.15) is 9.97 Å². The van der Waals surface area contributed by atoms with E-state index in [0.717, 1.165) is 17.2 Å². The average molecular weight is 1150 g/mol. The highest BCUT2D eigenvalue weighted by Crippen LogP contribution is 2.57. The van der Waals surface area contributed by atoms with Crippen LogP contribution in [-0.2, 0) is 20.7 Å². The number of halogens is 4. The fraction of sp³-hybridized carbons (Fsp3) is 0.246. The number of hydrogen-bond donors (Lipinski definition) is 2. The number of amides is 4. The van der Waals surface area contributed by atoms with Crippen LogP contribution in [0.3, 0.4) is 0 Å². The number of aryl methyl sites for hydroxylation is 2. The van der Waals surface area contributed by atoms with E-state index >= 15 is 0 Å². The largest absolute Gasteiger partial charge is 0.480 e. The van der Waals surface area contributed by atoms with Gasteiger partial charge in [0.25, 0.3) is 29.5 Å². The molecule has 2 N–H and O–H groups in total. The summed E-state index contributed by atoms with van der Waals surface area (Å²) in [4.78, 5) is 89.8. The maximum Gasteiger partial charge on any atom is 0.374 e. The van der Waals surface area contributed by atoms with Gasteiger partial charge in [0.05, 0.1) is 49.2 Å². The first kappa shape index (κ1) is 54.0. The summed E-state index contributed by atoms with van der Waals surface area (Å²) < 4.78 is 34.8. The van der Waals surface area contributed by atoms with Crippen molar-refractivity contribution in [3.8, 4) is 40.5 Å². The van der Waals surface area contributed by atoms with Crippen LogP contribution < -0.4 is 34.6 Å². The van der Waals surface area contributed by atoms with Gasteiger partial charge < -0.3 is 38.8 Å². The average Bonchev–Trinajstić information content (AvgIpc) is 1.66. The second-order valence-corrected chi connectivity index (χ2v) is 21.1. The molecule has 0 aliphatic carbocycles. The molecule has 8 aromatic rings. The van der Waals surface area contributed by atoms with Crippen LogP contribution in [0.25, 0.3) is 27.6 Å². The van der Waals surface area contributed by atoms with Crippen molar-refractivity contribution in [3.63, 3.8) is 0 Å². The van der Waals surface area contributed by atoms with E-state index in [2.05, 4.69) is 35.4 Å². The predicted octanol–water partition coefficient (Wildman–Crippen LogP) is 11.2. The van der Waals surface area contributed by atoms with E-state index in [9.17, 15) is 23.6 Å². The van der Waals surface area contributed by atoms with Crippen molar-refractivity contribution in [3.05, 3.63) is 163 Å². The molecule has 81 heavy (non-hydrogen) atoms. The number of nitrogens with zero attached hydrogens (tertiary/aromatic N) is 11. The number of aromatic nitrogens is 8. The van der Waals surface area contributed by atoms with Gasteiger partial charge in [-0.3, -0.25) is 29.0 Å². The molecule has 2 atom stereocenters. The highest BCUT2D eigenvalue weighted by atomic mass is 35.5. The van der Waals surface area contributed by atoms with Gasteiger partial charge >= 0.3 is 12.0 Å². The lowest BCUT2D eigenvalue weighted by Gasteiger charge is -2.36. The van der Waals surface area contributed by atoms with Crippen LogP contribution in [-0.4, -0.2) is 83.5 Å². The monoisotopic (exact) mass is 1150 g/mol. The van der Waals surface area contributed by atoms with Crippen molar-refractivity contribution in [2.45, 2.75) is 71.6 Å². The van der Waals surface area contributed by atoms with Gasteiger partial charge in [-0.15, -0.1) is 11.6 Å². The lowest BCUT2D eigenvalue weighted by Crippen LogP contribution is -2.51. The Morgan fingerprint density at radius 2 is 1.21 bits per heavy atom. The number of rotatable bonds is 10. The van der Waals surface area contributed by atoms with E-state index in [0.29, 0.717) is 79.0 Å². The zero-order chi connectivity index (χ0) is 57.7. The highest BCUT2D eigenvalue weighted by Gasteiger charge is 2.66. The van der Waals surface area contributed by atoms with Gasteiger partial charge in [-0.25, -0.2) is 19.3 Å². The minimum absolute atomic E-state index is 0.0357. The van der Waals surface area contributed by atoms with Crippen molar-refractivity contribution >= 4 is 87.1 Å². The summed E-state index contributed by atoms with van der Waals surface area (Å²) in [6, 6.07) is 19.1. The van der Waals surface area contributed by atoms with Gasteiger partial charge in [0, 0.05) is 55.9 Å². The third kappa shape index (κ3) is 8.05. The topological polar surface area (TPSA) is 218 Å². The highest BCUT2D eigenvalue weighted by molar-refractivity contribution is 6.33. The molecule has 20 nitrogen and oxygen atoms in total. The van der Waals surface area contributed by atoms with Crippen LogP contribution in [0.4, 0.5) is 33.1 Å². The maximum atomic E-state index is 14.7. The Hall–Kier alpha value is -8.97. The minimum atomic E-state index is -1.71. The molecule has 0 radical (unpaired) electrons. The van der Waals surface area contributed by atoms with E-state index in [1.807, 2.05) is 69.7 Å². The van der Waals surface area contributed by atoms with Crippen molar-refractivity contribution in [2.24, 2.45) is 0 Å². The van der Waals surface area contributed by atoms with Crippen molar-refractivity contribution in [1.29, 1.82) is 0 Å². The van der Waals surface area contributed by atoms with E-state index in [4.69, 9.17) is 65.6 Å². The van der Waals surface area contributed by atoms with E-state index in [1.165, 1.54) is 48.5 Å². The summed E-state index contributed by atoms with van der Waals surface area (Å²) in [7, 11) is 2.89. The number of hydrogen-bond acceptors (Lipinski definition) is 13. The van der Waals surface area contributed by atoms with Crippen molar-refractivity contribution < 1.29 is 37.8 Å². The first-order chi connectivity index (χ1) is 38.7. The number of carbonyl (C=O) groups is 4. The number of methoxy groups -OCH3 is 2. The molecule has 4 aromatic carbocycles. The maximum absolute atomic E-state index is 14.7. The fourth-order valence-electron chi connectivity index (χ4n) is 11.2. The molecule has 0 saturated carbocycles. The van der Waals surface area contributed by atoms with Gasteiger partial charge in [-0.05, 0) is 108 Å². The van der Waals surface area contributed by atoms with Crippen LogP contribution >= 0.6 is 34.8 Å². The lowest BCUT2D eigenvalue weighted by molar-refractivity contribution is -0.120. The Balaban J connectivity index is 0.000000170. The zero-order valence-electron chi connectivity index (χ0n) is 44.7. The second kappa shape index (κ2) is 20.0. The second-order valence-electron chi connectivity index (χ2n) is 19.8. The number of nitrogens with one attached hydrogen (secondary N) is 2. The Labute approximate surface area is 477 Å². The first-order valence-corrected chi connectivity index (χ1v) is 26.4. The van der Waals surface area contributed by atoms with Gasteiger partial charge in [0.15, 0.2) is 28.3 Å². The molecule has 2 unspecified atom stereocenters. The van der Waals surface area contributed by atoms with Gasteiger partial charge in [-0.1, -0.05) is 59.1 Å². The number of fused-ring (bicyclic) bond motifs is 8. The van der Waals surface area contributed by atoms with Crippen LogP contribution in [0.1, 0.15) is 101 Å². The van der Waals surface area contributed by atoms with Crippen LogP contribution in [0.2, 0.25) is 15.1 Å². The molecule has 24 heteroatoms. The van der Waals surface area contributed by atoms with Gasteiger partial charge in [0.2, 0.25) is 5.88 Å². The summed E-state index contributed by atoms with van der Waals surface area (Å²) in [6.07, 6.45) is 2.95. The zero-order valence-corrected chi connectivity index (χ0v) is 47.0. The van der Waals surface area contributed by atoms with Crippen molar-refractivity contribution in [1.82, 2.24) is 39.0 Å². The molecule has 4 aliphatic rings. The minimum Gasteiger partial charge on any atom is -0.480 e.